The lowest BCUT2D eigenvalue weighted by molar-refractivity contribution is -0.366. The van der Waals surface area contributed by atoms with Crippen LogP contribution in [0.25, 0.3) is 0 Å². The van der Waals surface area contributed by atoms with Gasteiger partial charge in [0, 0.05) is 43.9 Å². The maximum Gasteiger partial charge on any atom is 0.328 e. The van der Waals surface area contributed by atoms with E-state index in [2.05, 4.69) is 5.32 Å². The first kappa shape index (κ1) is 54.0. The molecule has 3 fully saturated rings. The van der Waals surface area contributed by atoms with Crippen molar-refractivity contribution in [1.29, 1.82) is 0 Å². The minimum atomic E-state index is -2.71. The van der Waals surface area contributed by atoms with Crippen LogP contribution in [-0.2, 0) is 49.2 Å². The smallest absolute Gasteiger partial charge is 0.328 e. The number of aliphatic hydroxyl groups is 5. The minimum Gasteiger partial charge on any atom is -0.478 e. The van der Waals surface area contributed by atoms with E-state index in [1.807, 2.05) is 32.9 Å². The molecular weight excluding hydrogens is 855 g/mol. The fraction of sp³-hybridized carbons (Fsp3) is 0.540. The number of aliphatic carboxylic acids is 1. The molecule has 5 unspecified atom stereocenters. The van der Waals surface area contributed by atoms with Crippen LogP contribution in [0.2, 0.25) is 0 Å². The van der Waals surface area contributed by atoms with Crippen LogP contribution in [0.3, 0.4) is 0 Å². The third-order valence-corrected chi connectivity index (χ3v) is 12.2. The molecule has 0 radical (unpaired) electrons. The molecular formula is C50H69NO15. The Labute approximate surface area is 387 Å². The van der Waals surface area contributed by atoms with E-state index in [0.717, 1.165) is 11.6 Å². The molecule has 0 aliphatic carbocycles. The molecule has 14 atom stereocenters. The molecule has 66 heavy (non-hydrogen) atoms. The number of hydrogen-bond donors (Lipinski definition) is 7. The standard InChI is InChI=1S/C50H69NO15/c1-8-9-13-24-40-49(5,6)47(65-42(56)27-34-21-14-12-15-22-34)46(58)50(60,66-40)35(30-62-43-29-37(53)44(57)33(4)63-43)48(59)51-26-19-18-20-31(2)45(61-7)32(3)39-28-36(52)38(64-39)23-16-10-11-17-25-41(54)55/h8-25,32-33,35-40,43-47,52-53,57-58,60H,26-30H2,1-7H3,(H,51,59)(H,54,55)/b9-8-,11-10+,19-18+,23-16+,24-13+,25-17+,31-20+/t32?,33-,35+,36?,37-,38?,39?,40-,43+,44+,45?,46+,47-,50+/m0/s1. The predicted molar refractivity (Wildman–Crippen MR) is 244 cm³/mol. The number of nitrogens with one attached hydrogen (secondary N) is 1. The SMILES string of the molecule is C/C=C\C=C\[C@@H]1O[C@](O)([C@H](CO[C@H]2C[C@H](O)[C@H](O)[C@H](C)O2)C(=O)NC/C=C/C=C(\C)C(OC)C(C)C2CC(O)C(/C=C/C=C/C=C/C(=O)O)O2)[C@H](O)[C@H](OC(=O)Cc2ccccc2)C1(C)C. The molecule has 3 aliphatic heterocycles. The molecule has 16 heteroatoms. The van der Waals surface area contributed by atoms with Crippen LogP contribution in [0.1, 0.15) is 59.9 Å². The van der Waals surface area contributed by atoms with Gasteiger partial charge in [-0.2, -0.15) is 0 Å². The van der Waals surface area contributed by atoms with Crippen LogP contribution >= 0.6 is 0 Å². The van der Waals surface area contributed by atoms with E-state index >= 15 is 0 Å². The molecule has 1 aromatic carbocycles. The molecule has 16 nitrogen and oxygen atoms in total. The molecule has 0 aromatic heterocycles. The van der Waals surface area contributed by atoms with Gasteiger partial charge in [-0.25, -0.2) is 4.79 Å². The number of carbonyl (C=O) groups excluding carboxylic acids is 2. The zero-order chi connectivity index (χ0) is 48.6. The lowest BCUT2D eigenvalue weighted by Gasteiger charge is -2.54. The number of benzene rings is 1. The van der Waals surface area contributed by atoms with Crippen LogP contribution in [0, 0.1) is 17.3 Å². The average molecular weight is 924 g/mol. The van der Waals surface area contributed by atoms with Crippen LogP contribution < -0.4 is 5.32 Å². The summed E-state index contributed by atoms with van der Waals surface area (Å²) in [6.07, 6.45) is 10.5. The molecule has 364 valence electrons. The topological polar surface area (TPSA) is 240 Å². The number of carbonyl (C=O) groups is 3. The van der Waals surface area contributed by atoms with Gasteiger partial charge < -0.3 is 64.4 Å². The highest BCUT2D eigenvalue weighted by Gasteiger charge is 2.63. The van der Waals surface area contributed by atoms with E-state index in [1.165, 1.54) is 6.08 Å². The molecule has 3 aliphatic rings. The average Bonchev–Trinajstić information content (AvgIpc) is 3.64. The highest BCUT2D eigenvalue weighted by atomic mass is 16.7. The first-order chi connectivity index (χ1) is 31.3. The van der Waals surface area contributed by atoms with E-state index in [4.69, 9.17) is 33.5 Å². The Kier molecular flexibility index (Phi) is 20.9. The normalized spacial score (nSPS) is 32.2. The second-order valence-electron chi connectivity index (χ2n) is 17.5. The van der Waals surface area contributed by atoms with E-state index in [0.29, 0.717) is 12.0 Å². The summed E-state index contributed by atoms with van der Waals surface area (Å²) in [4.78, 5) is 38.3. The number of amides is 1. The summed E-state index contributed by atoms with van der Waals surface area (Å²) < 4.78 is 36.0. The van der Waals surface area contributed by atoms with E-state index < -0.39 is 103 Å². The first-order valence-electron chi connectivity index (χ1n) is 22.3. The largest absolute Gasteiger partial charge is 0.478 e. The quantitative estimate of drug-likeness (QED) is 0.0528. The van der Waals surface area contributed by atoms with Gasteiger partial charge in [-0.1, -0.05) is 124 Å². The van der Waals surface area contributed by atoms with Gasteiger partial charge in [-0.05, 0) is 31.9 Å². The number of ether oxygens (including phenoxy) is 6. The number of allylic oxidation sites excluding steroid dienone is 9. The Bertz CT molecular complexity index is 1930. The molecule has 7 N–H and O–H groups in total. The Morgan fingerprint density at radius 1 is 0.939 bits per heavy atom. The second-order valence-corrected chi connectivity index (χ2v) is 17.5. The lowest BCUT2D eigenvalue weighted by atomic mass is 9.71. The van der Waals surface area contributed by atoms with Gasteiger partial charge >= 0.3 is 11.9 Å². The second kappa shape index (κ2) is 25.5. The van der Waals surface area contributed by atoms with E-state index in [1.54, 1.807) is 113 Å². The van der Waals surface area contributed by atoms with Crippen molar-refractivity contribution in [3.8, 4) is 0 Å². The third-order valence-electron chi connectivity index (χ3n) is 12.2. The van der Waals surface area contributed by atoms with Crippen molar-refractivity contribution >= 4 is 17.8 Å². The van der Waals surface area contributed by atoms with Crippen LogP contribution in [0.5, 0.6) is 0 Å². The van der Waals surface area contributed by atoms with Gasteiger partial charge in [-0.15, -0.1) is 0 Å². The Morgan fingerprint density at radius 3 is 2.30 bits per heavy atom. The maximum absolute atomic E-state index is 14.3. The molecule has 0 bridgehead atoms. The van der Waals surface area contributed by atoms with Crippen molar-refractivity contribution in [1.82, 2.24) is 5.32 Å². The number of esters is 1. The number of rotatable bonds is 21. The fourth-order valence-electron chi connectivity index (χ4n) is 8.29. The molecule has 3 heterocycles. The third kappa shape index (κ3) is 14.7. The lowest BCUT2D eigenvalue weighted by Crippen LogP contribution is -2.70. The summed E-state index contributed by atoms with van der Waals surface area (Å²) in [5.74, 6) is -7.04. The van der Waals surface area contributed by atoms with Gasteiger partial charge in [0.1, 0.15) is 30.3 Å². The first-order valence-corrected chi connectivity index (χ1v) is 22.3. The zero-order valence-electron chi connectivity index (χ0n) is 38.8. The molecule has 1 amide bonds. The van der Waals surface area contributed by atoms with Crippen LogP contribution in [-0.4, -0.2) is 142 Å². The summed E-state index contributed by atoms with van der Waals surface area (Å²) in [6.45, 7) is 10.0. The predicted octanol–water partition coefficient (Wildman–Crippen LogP) is 3.78. The van der Waals surface area contributed by atoms with E-state index in [9.17, 15) is 39.9 Å². The molecule has 0 saturated carbocycles. The summed E-state index contributed by atoms with van der Waals surface area (Å²) in [5.41, 5.74) is 0.375. The maximum atomic E-state index is 14.3. The Hall–Kier alpha value is -4.59. The van der Waals surface area contributed by atoms with Gasteiger partial charge in [-0.3, -0.25) is 9.59 Å². The monoisotopic (exact) mass is 923 g/mol. The van der Waals surface area contributed by atoms with Crippen molar-refractivity contribution in [2.24, 2.45) is 17.3 Å². The molecule has 3 saturated heterocycles. The number of carboxylic acids is 1. The summed E-state index contributed by atoms with van der Waals surface area (Å²) in [6, 6.07) is 8.90. The van der Waals surface area contributed by atoms with Crippen molar-refractivity contribution in [3.63, 3.8) is 0 Å². The fourth-order valence-corrected chi connectivity index (χ4v) is 8.29. The number of methoxy groups -OCH3 is 1. The highest BCUT2D eigenvalue weighted by molar-refractivity contribution is 5.80. The summed E-state index contributed by atoms with van der Waals surface area (Å²) in [7, 11) is 1.58. The van der Waals surface area contributed by atoms with Crippen molar-refractivity contribution in [2.45, 2.75) is 134 Å². The number of aliphatic hydroxyl groups excluding tert-OH is 4. The van der Waals surface area contributed by atoms with Crippen LogP contribution in [0.4, 0.5) is 0 Å². The summed E-state index contributed by atoms with van der Waals surface area (Å²) in [5, 5.41) is 67.5. The van der Waals surface area contributed by atoms with Crippen molar-refractivity contribution in [3.05, 3.63) is 120 Å². The molecule has 1 aromatic rings. The molecule has 0 spiro atoms. The minimum absolute atomic E-state index is 0.0432. The molecule has 4 rings (SSSR count). The Balaban J connectivity index is 1.53. The van der Waals surface area contributed by atoms with Gasteiger partial charge in [0.2, 0.25) is 11.7 Å². The van der Waals surface area contributed by atoms with Gasteiger partial charge in [0.25, 0.3) is 0 Å². The van der Waals surface area contributed by atoms with Crippen molar-refractivity contribution < 1.29 is 73.4 Å². The number of carboxylic acid groups (broad SMARTS) is 1. The Morgan fingerprint density at radius 2 is 1.64 bits per heavy atom. The number of hydrogen-bond acceptors (Lipinski definition) is 14. The van der Waals surface area contributed by atoms with Crippen LogP contribution in [0.15, 0.2) is 115 Å². The summed E-state index contributed by atoms with van der Waals surface area (Å²) >= 11 is 0. The van der Waals surface area contributed by atoms with Gasteiger partial charge in [0.15, 0.2) is 6.29 Å². The zero-order valence-corrected chi connectivity index (χ0v) is 38.8. The van der Waals surface area contributed by atoms with E-state index in [-0.39, 0.29) is 31.4 Å². The van der Waals surface area contributed by atoms with Gasteiger partial charge in [0.05, 0.1) is 49.7 Å². The highest BCUT2D eigenvalue weighted by Crippen LogP contribution is 2.46. The van der Waals surface area contributed by atoms with Crippen molar-refractivity contribution in [2.75, 3.05) is 20.3 Å².